The molecule has 6 nitrogen and oxygen atoms in total. The van der Waals surface area contributed by atoms with Crippen LogP contribution in [0.1, 0.15) is 33.7 Å². The summed E-state index contributed by atoms with van der Waals surface area (Å²) in [5, 5.41) is 7.58. The van der Waals surface area contributed by atoms with E-state index in [1.807, 2.05) is 72.3 Å². The second kappa shape index (κ2) is 8.92. The number of hydrogen-bond acceptors (Lipinski definition) is 4. The molecule has 0 atom stereocenters. The quantitative estimate of drug-likeness (QED) is 0.647. The van der Waals surface area contributed by atoms with Gasteiger partial charge in [0.2, 0.25) is 0 Å². The molecule has 1 aliphatic heterocycles. The second-order valence-electron chi connectivity index (χ2n) is 7.34. The Hall–Kier alpha value is -3.80. The van der Waals surface area contributed by atoms with Crippen molar-refractivity contribution in [3.8, 4) is 11.5 Å². The maximum Gasteiger partial charge on any atom is 0.276 e. The van der Waals surface area contributed by atoms with Crippen LogP contribution in [0.3, 0.4) is 0 Å². The molecular formula is C25H25N3O3. The number of anilines is 1. The summed E-state index contributed by atoms with van der Waals surface area (Å²) in [5.41, 5.74) is 5.01. The van der Waals surface area contributed by atoms with E-state index < -0.39 is 0 Å². The zero-order valence-corrected chi connectivity index (χ0v) is 17.9. The van der Waals surface area contributed by atoms with Crippen LogP contribution in [0.15, 0.2) is 66.8 Å². The molecule has 0 bridgehead atoms. The van der Waals surface area contributed by atoms with E-state index in [9.17, 15) is 4.79 Å². The second-order valence-corrected chi connectivity index (χ2v) is 7.34. The predicted molar refractivity (Wildman–Crippen MR) is 122 cm³/mol. The van der Waals surface area contributed by atoms with E-state index in [-0.39, 0.29) is 5.91 Å². The SMILES string of the molecule is COc1ccc(/C2=C/C=C\CCc3cc(C(=O)Nc4ccc(C)cc4)nn32)cc1OC. The average Bonchev–Trinajstić information content (AvgIpc) is 3.18. The molecule has 0 fully saturated rings. The van der Waals surface area contributed by atoms with Gasteiger partial charge < -0.3 is 14.8 Å². The lowest BCUT2D eigenvalue weighted by atomic mass is 10.1. The number of ether oxygens (including phenoxy) is 2. The van der Waals surface area contributed by atoms with Gasteiger partial charge in [-0.05, 0) is 62.2 Å². The molecule has 2 aromatic carbocycles. The molecule has 0 aliphatic carbocycles. The monoisotopic (exact) mass is 415 g/mol. The van der Waals surface area contributed by atoms with Crippen molar-refractivity contribution >= 4 is 17.3 Å². The third-order valence-corrected chi connectivity index (χ3v) is 5.19. The molecule has 0 saturated carbocycles. The average molecular weight is 415 g/mol. The molecule has 6 heteroatoms. The smallest absolute Gasteiger partial charge is 0.276 e. The fourth-order valence-corrected chi connectivity index (χ4v) is 3.52. The first-order valence-electron chi connectivity index (χ1n) is 10.2. The molecule has 0 saturated heterocycles. The zero-order valence-electron chi connectivity index (χ0n) is 17.9. The Morgan fingerprint density at radius 3 is 2.55 bits per heavy atom. The molecule has 158 valence electrons. The first-order chi connectivity index (χ1) is 15.1. The summed E-state index contributed by atoms with van der Waals surface area (Å²) < 4.78 is 12.7. The Labute approximate surface area is 181 Å². The van der Waals surface area contributed by atoms with Crippen LogP contribution in [-0.4, -0.2) is 29.9 Å². The van der Waals surface area contributed by atoms with E-state index in [0.717, 1.165) is 41.0 Å². The largest absolute Gasteiger partial charge is 0.493 e. The normalized spacial score (nSPS) is 15.6. The number of fused-ring (bicyclic) bond motifs is 1. The molecule has 1 amide bonds. The molecular weight excluding hydrogens is 390 g/mol. The fourth-order valence-electron chi connectivity index (χ4n) is 3.52. The molecule has 0 spiro atoms. The number of carbonyl (C=O) groups excluding carboxylic acids is 1. The van der Waals surface area contributed by atoms with Gasteiger partial charge in [0.05, 0.1) is 19.9 Å². The van der Waals surface area contributed by atoms with Crippen molar-refractivity contribution in [3.63, 3.8) is 0 Å². The summed E-state index contributed by atoms with van der Waals surface area (Å²) >= 11 is 0. The van der Waals surface area contributed by atoms with Gasteiger partial charge in [-0.1, -0.05) is 29.8 Å². The van der Waals surface area contributed by atoms with E-state index in [2.05, 4.69) is 16.5 Å². The highest BCUT2D eigenvalue weighted by molar-refractivity contribution is 6.03. The minimum absolute atomic E-state index is 0.234. The van der Waals surface area contributed by atoms with Crippen LogP contribution in [0.2, 0.25) is 0 Å². The minimum atomic E-state index is -0.234. The molecule has 4 rings (SSSR count). The van der Waals surface area contributed by atoms with E-state index in [4.69, 9.17) is 9.47 Å². The van der Waals surface area contributed by atoms with E-state index in [1.54, 1.807) is 14.2 Å². The van der Waals surface area contributed by atoms with E-state index in [0.29, 0.717) is 17.2 Å². The lowest BCUT2D eigenvalue weighted by Gasteiger charge is -2.15. The third-order valence-electron chi connectivity index (χ3n) is 5.19. The highest BCUT2D eigenvalue weighted by Gasteiger charge is 2.19. The lowest BCUT2D eigenvalue weighted by molar-refractivity contribution is 0.102. The van der Waals surface area contributed by atoms with Gasteiger partial charge in [-0.3, -0.25) is 4.79 Å². The summed E-state index contributed by atoms with van der Waals surface area (Å²) in [4.78, 5) is 12.9. The number of nitrogens with zero attached hydrogens (tertiary/aromatic N) is 2. The molecule has 3 aromatic rings. The molecule has 2 heterocycles. The van der Waals surface area contributed by atoms with Gasteiger partial charge >= 0.3 is 0 Å². The summed E-state index contributed by atoms with van der Waals surface area (Å²) in [6, 6.07) is 15.3. The lowest BCUT2D eigenvalue weighted by Crippen LogP contribution is -2.13. The Balaban J connectivity index is 1.69. The molecule has 0 radical (unpaired) electrons. The summed E-state index contributed by atoms with van der Waals surface area (Å²) in [6.45, 7) is 2.01. The molecule has 1 N–H and O–H groups in total. The number of allylic oxidation sites excluding steroid dienone is 3. The summed E-state index contributed by atoms with van der Waals surface area (Å²) in [6.07, 6.45) is 7.79. The number of hydrogen-bond donors (Lipinski definition) is 1. The Bertz CT molecular complexity index is 1160. The van der Waals surface area contributed by atoms with Gasteiger partial charge in [-0.15, -0.1) is 0 Å². The Kier molecular flexibility index (Phi) is 5.89. The summed E-state index contributed by atoms with van der Waals surface area (Å²) in [7, 11) is 3.22. The van der Waals surface area contributed by atoms with Crippen molar-refractivity contribution in [3.05, 3.63) is 89.3 Å². The maximum absolute atomic E-state index is 12.9. The van der Waals surface area contributed by atoms with Crippen LogP contribution in [0, 0.1) is 6.92 Å². The van der Waals surface area contributed by atoms with Gasteiger partial charge in [0.15, 0.2) is 17.2 Å². The van der Waals surface area contributed by atoms with Crippen LogP contribution in [0.5, 0.6) is 11.5 Å². The van der Waals surface area contributed by atoms with E-state index >= 15 is 0 Å². The number of amides is 1. The highest BCUT2D eigenvalue weighted by Crippen LogP contribution is 2.32. The Morgan fingerprint density at radius 1 is 1.03 bits per heavy atom. The van der Waals surface area contributed by atoms with Crippen LogP contribution >= 0.6 is 0 Å². The fraction of sp³-hybridized carbons (Fsp3) is 0.200. The third kappa shape index (κ3) is 4.38. The van der Waals surface area contributed by atoms with Crippen LogP contribution in [0.25, 0.3) is 5.70 Å². The van der Waals surface area contributed by atoms with Crippen molar-refractivity contribution in [2.75, 3.05) is 19.5 Å². The number of nitrogens with one attached hydrogen (secondary N) is 1. The van der Waals surface area contributed by atoms with Crippen LogP contribution < -0.4 is 14.8 Å². The maximum atomic E-state index is 12.9. The number of methoxy groups -OCH3 is 2. The van der Waals surface area contributed by atoms with Crippen molar-refractivity contribution in [1.82, 2.24) is 9.78 Å². The van der Waals surface area contributed by atoms with Crippen molar-refractivity contribution < 1.29 is 14.3 Å². The topological polar surface area (TPSA) is 65.4 Å². The van der Waals surface area contributed by atoms with Crippen molar-refractivity contribution in [2.45, 2.75) is 19.8 Å². The van der Waals surface area contributed by atoms with Gasteiger partial charge in [0, 0.05) is 16.9 Å². The number of carbonyl (C=O) groups is 1. The standard InChI is InChI=1S/C25H25N3O3/c1-17-9-12-19(13-10-17)26-25(29)21-16-20-7-5-4-6-8-22(28(20)27-21)18-11-14-23(30-2)24(15-18)31-3/h4,6,8-16H,5,7H2,1-3H3,(H,26,29)/b6-4-,22-8-. The molecule has 0 unspecified atom stereocenters. The molecule has 1 aliphatic rings. The van der Waals surface area contributed by atoms with Crippen LogP contribution in [0.4, 0.5) is 5.69 Å². The molecule has 1 aromatic heterocycles. The summed E-state index contributed by atoms with van der Waals surface area (Å²) in [5.74, 6) is 1.06. The first kappa shape index (κ1) is 20.5. The van der Waals surface area contributed by atoms with Crippen molar-refractivity contribution in [2.24, 2.45) is 0 Å². The van der Waals surface area contributed by atoms with Gasteiger partial charge in [-0.25, -0.2) is 4.68 Å². The molecule has 31 heavy (non-hydrogen) atoms. The predicted octanol–water partition coefficient (Wildman–Crippen LogP) is 4.85. The number of rotatable bonds is 5. The highest BCUT2D eigenvalue weighted by atomic mass is 16.5. The van der Waals surface area contributed by atoms with Crippen LogP contribution in [-0.2, 0) is 6.42 Å². The number of aryl methyl sites for hydroxylation is 2. The van der Waals surface area contributed by atoms with Gasteiger partial charge in [0.25, 0.3) is 5.91 Å². The van der Waals surface area contributed by atoms with E-state index in [1.165, 1.54) is 0 Å². The number of benzene rings is 2. The minimum Gasteiger partial charge on any atom is -0.493 e. The van der Waals surface area contributed by atoms with Gasteiger partial charge in [0.1, 0.15) is 0 Å². The zero-order chi connectivity index (χ0) is 21.8. The van der Waals surface area contributed by atoms with Crippen molar-refractivity contribution in [1.29, 1.82) is 0 Å². The van der Waals surface area contributed by atoms with Gasteiger partial charge in [-0.2, -0.15) is 5.10 Å². The Morgan fingerprint density at radius 2 is 1.81 bits per heavy atom. The first-order valence-corrected chi connectivity index (χ1v) is 10.2. The number of aromatic nitrogens is 2.